The zero-order valence-electron chi connectivity index (χ0n) is 15.5. The Balaban J connectivity index is 2.40. The Bertz CT molecular complexity index is 1060. The molecule has 1 amide bonds. The van der Waals surface area contributed by atoms with E-state index in [4.69, 9.17) is 11.6 Å². The van der Waals surface area contributed by atoms with Crippen LogP contribution in [0.1, 0.15) is 33.2 Å². The van der Waals surface area contributed by atoms with E-state index in [-0.39, 0.29) is 27.4 Å². The molecule has 2 rings (SSSR count). The molecule has 0 radical (unpaired) electrons. The fourth-order valence-electron chi connectivity index (χ4n) is 2.32. The number of alkyl halides is 3. The van der Waals surface area contributed by atoms with Crippen molar-refractivity contribution < 1.29 is 32.6 Å². The lowest BCUT2D eigenvalue weighted by atomic mass is 10.0. The highest BCUT2D eigenvalue weighted by Gasteiger charge is 2.39. The number of aliphatic hydroxyl groups is 1. The van der Waals surface area contributed by atoms with Crippen molar-refractivity contribution in [2.45, 2.75) is 19.2 Å². The van der Waals surface area contributed by atoms with Crippen LogP contribution in [0.25, 0.3) is 0 Å². The summed E-state index contributed by atoms with van der Waals surface area (Å²) in [6.07, 6.45) is -6.47. The Labute approximate surface area is 183 Å². The van der Waals surface area contributed by atoms with E-state index in [0.29, 0.717) is 10.0 Å². The number of carbonyl (C=O) groups is 2. The number of ether oxygens (including phenoxy) is 1. The van der Waals surface area contributed by atoms with Crippen LogP contribution in [0.2, 0.25) is 5.02 Å². The highest BCUT2D eigenvalue weighted by atomic mass is 79.9. The average Bonchev–Trinajstić information content (AvgIpc) is 2.68. The third-order valence-corrected chi connectivity index (χ3v) is 5.09. The van der Waals surface area contributed by atoms with Gasteiger partial charge < -0.3 is 15.2 Å². The minimum Gasteiger partial charge on any atom is -0.465 e. The summed E-state index contributed by atoms with van der Waals surface area (Å²) in [6, 6.07) is 6.96. The van der Waals surface area contributed by atoms with Crippen molar-refractivity contribution in [2.24, 2.45) is 0 Å². The van der Waals surface area contributed by atoms with Crippen molar-refractivity contribution in [2.75, 3.05) is 12.4 Å². The van der Waals surface area contributed by atoms with Gasteiger partial charge in [-0.1, -0.05) is 35.6 Å². The molecule has 0 aliphatic carbocycles. The van der Waals surface area contributed by atoms with E-state index in [0.717, 1.165) is 6.07 Å². The zero-order chi connectivity index (χ0) is 22.6. The molecule has 10 heteroatoms. The van der Waals surface area contributed by atoms with Crippen LogP contribution >= 0.6 is 27.5 Å². The maximum absolute atomic E-state index is 12.6. The molecule has 0 bridgehead atoms. The molecular formula is C20H14BrClF3NO4. The van der Waals surface area contributed by atoms with Crippen molar-refractivity contribution in [1.29, 1.82) is 0 Å². The van der Waals surface area contributed by atoms with Gasteiger partial charge in [-0.25, -0.2) is 4.79 Å². The minimum atomic E-state index is -5.10. The summed E-state index contributed by atoms with van der Waals surface area (Å²) in [5, 5.41) is 12.1. The van der Waals surface area contributed by atoms with Gasteiger partial charge in [0.05, 0.1) is 23.4 Å². The number of amides is 1. The summed E-state index contributed by atoms with van der Waals surface area (Å²) in [5.41, 5.74) is 0.864. The molecular weight excluding hydrogens is 491 g/mol. The number of methoxy groups -OCH3 is 1. The van der Waals surface area contributed by atoms with E-state index in [2.05, 4.69) is 32.5 Å². The molecule has 0 aromatic heterocycles. The van der Waals surface area contributed by atoms with Gasteiger partial charge in [0.2, 0.25) is 0 Å². The van der Waals surface area contributed by atoms with E-state index in [1.54, 1.807) is 24.4 Å². The Morgan fingerprint density at radius 2 is 1.93 bits per heavy atom. The van der Waals surface area contributed by atoms with Gasteiger partial charge in [-0.2, -0.15) is 13.2 Å². The second kappa shape index (κ2) is 9.51. The Morgan fingerprint density at radius 1 is 1.27 bits per heavy atom. The normalized spacial score (nSPS) is 11.9. The van der Waals surface area contributed by atoms with Crippen LogP contribution in [0.5, 0.6) is 0 Å². The number of hydrogen-bond acceptors (Lipinski definition) is 4. The number of carbonyl (C=O) groups excluding carboxylic acids is 2. The number of nitrogens with one attached hydrogen (secondary N) is 1. The fourth-order valence-corrected chi connectivity index (χ4v) is 2.82. The van der Waals surface area contributed by atoms with Gasteiger partial charge in [0.1, 0.15) is 6.10 Å². The maximum Gasteiger partial charge on any atom is 0.471 e. The molecule has 0 fully saturated rings. The van der Waals surface area contributed by atoms with E-state index in [9.17, 15) is 27.9 Å². The first-order chi connectivity index (χ1) is 13.9. The van der Waals surface area contributed by atoms with E-state index in [1.165, 1.54) is 19.2 Å². The monoisotopic (exact) mass is 503 g/mol. The van der Waals surface area contributed by atoms with Crippen molar-refractivity contribution in [3.8, 4) is 11.8 Å². The molecule has 0 saturated carbocycles. The first-order valence-corrected chi connectivity index (χ1v) is 9.36. The molecule has 0 spiro atoms. The first kappa shape index (κ1) is 23.7. The lowest BCUT2D eigenvalue weighted by Gasteiger charge is -2.11. The van der Waals surface area contributed by atoms with Gasteiger partial charge in [0, 0.05) is 10.0 Å². The summed E-state index contributed by atoms with van der Waals surface area (Å²) in [4.78, 5) is 23.1. The van der Waals surface area contributed by atoms with Crippen LogP contribution in [0, 0.1) is 18.8 Å². The largest absolute Gasteiger partial charge is 0.471 e. The molecule has 158 valence electrons. The second-order valence-electron chi connectivity index (χ2n) is 6.00. The van der Waals surface area contributed by atoms with Gasteiger partial charge in [-0.05, 0) is 52.2 Å². The lowest BCUT2D eigenvalue weighted by Crippen LogP contribution is -2.30. The predicted molar refractivity (Wildman–Crippen MR) is 108 cm³/mol. The number of aliphatic hydroxyl groups excluding tert-OH is 1. The Hall–Kier alpha value is -2.54. The van der Waals surface area contributed by atoms with Crippen molar-refractivity contribution in [3.05, 3.63) is 62.1 Å². The number of aryl methyl sites for hydroxylation is 1. The second-order valence-corrected chi connectivity index (χ2v) is 7.26. The lowest BCUT2D eigenvalue weighted by molar-refractivity contribution is -0.167. The van der Waals surface area contributed by atoms with Gasteiger partial charge in [-0.15, -0.1) is 0 Å². The first-order valence-electron chi connectivity index (χ1n) is 8.19. The SMILES string of the molecule is COC(=O)c1cc(C(O)C#Cc2cc(Br)c(Cl)cc2NC(=O)C(F)(F)F)ccc1C. The van der Waals surface area contributed by atoms with Gasteiger partial charge in [0.15, 0.2) is 0 Å². The number of anilines is 1. The standard InChI is InChI=1S/C20H14BrClF3NO4/c1-10-3-4-12(7-13(10)18(28)30-2)17(27)6-5-11-8-14(21)15(22)9-16(11)26-19(29)20(23,24)25/h3-4,7-9,17,27H,1-2H3,(H,26,29). The minimum absolute atomic E-state index is 0.0109. The quantitative estimate of drug-likeness (QED) is 0.466. The van der Waals surface area contributed by atoms with Crippen molar-refractivity contribution >= 4 is 45.1 Å². The molecule has 2 aromatic carbocycles. The van der Waals surface area contributed by atoms with E-state index < -0.39 is 24.2 Å². The van der Waals surface area contributed by atoms with Crippen LogP contribution in [0.15, 0.2) is 34.8 Å². The highest BCUT2D eigenvalue weighted by molar-refractivity contribution is 9.10. The number of esters is 1. The third-order valence-electron chi connectivity index (χ3n) is 3.89. The Kier molecular flexibility index (Phi) is 7.53. The van der Waals surface area contributed by atoms with E-state index >= 15 is 0 Å². The molecule has 1 unspecified atom stereocenters. The van der Waals surface area contributed by atoms with Crippen LogP contribution in [0.4, 0.5) is 18.9 Å². The van der Waals surface area contributed by atoms with Crippen LogP contribution in [-0.2, 0) is 9.53 Å². The topological polar surface area (TPSA) is 75.6 Å². The Morgan fingerprint density at radius 3 is 2.53 bits per heavy atom. The van der Waals surface area contributed by atoms with Crippen LogP contribution in [-0.4, -0.2) is 30.3 Å². The molecule has 5 nitrogen and oxygen atoms in total. The van der Waals surface area contributed by atoms with Gasteiger partial charge >= 0.3 is 18.1 Å². The fraction of sp³-hybridized carbons (Fsp3) is 0.200. The van der Waals surface area contributed by atoms with Crippen LogP contribution < -0.4 is 5.32 Å². The summed E-state index contributed by atoms with van der Waals surface area (Å²) < 4.78 is 42.7. The number of halogens is 5. The maximum atomic E-state index is 12.6. The summed E-state index contributed by atoms with van der Waals surface area (Å²) in [5.74, 6) is 2.22. The van der Waals surface area contributed by atoms with Crippen LogP contribution in [0.3, 0.4) is 0 Å². The van der Waals surface area contributed by atoms with E-state index in [1.807, 2.05) is 0 Å². The van der Waals surface area contributed by atoms with Gasteiger partial charge in [-0.3, -0.25) is 4.79 Å². The van der Waals surface area contributed by atoms with Crippen molar-refractivity contribution in [3.63, 3.8) is 0 Å². The molecule has 2 aromatic rings. The third kappa shape index (κ3) is 5.75. The number of hydrogen-bond donors (Lipinski definition) is 2. The molecule has 0 aliphatic heterocycles. The molecule has 30 heavy (non-hydrogen) atoms. The summed E-state index contributed by atoms with van der Waals surface area (Å²) in [7, 11) is 1.22. The molecule has 2 N–H and O–H groups in total. The molecule has 1 atom stereocenters. The zero-order valence-corrected chi connectivity index (χ0v) is 17.9. The number of rotatable bonds is 3. The summed E-state index contributed by atoms with van der Waals surface area (Å²) in [6.45, 7) is 1.69. The molecule has 0 saturated heterocycles. The molecule has 0 heterocycles. The summed E-state index contributed by atoms with van der Waals surface area (Å²) >= 11 is 9.03. The van der Waals surface area contributed by atoms with Gasteiger partial charge in [0.25, 0.3) is 0 Å². The molecule has 0 aliphatic rings. The average molecular weight is 505 g/mol. The highest BCUT2D eigenvalue weighted by Crippen LogP contribution is 2.30. The van der Waals surface area contributed by atoms with Crippen molar-refractivity contribution in [1.82, 2.24) is 0 Å². The predicted octanol–water partition coefficient (Wildman–Crippen LogP) is 4.78. The number of benzene rings is 2. The smallest absolute Gasteiger partial charge is 0.465 e.